The molecule has 35 heavy (non-hydrogen) atoms. The van der Waals surface area contributed by atoms with E-state index in [0.717, 1.165) is 0 Å². The number of ether oxygens (including phenoxy) is 1. The molecule has 2 heterocycles. The van der Waals surface area contributed by atoms with E-state index in [1.54, 1.807) is 31.2 Å². The zero-order chi connectivity index (χ0) is 25.3. The van der Waals surface area contributed by atoms with Crippen LogP contribution in [0.15, 0.2) is 42.6 Å². The van der Waals surface area contributed by atoms with E-state index in [2.05, 4.69) is 15.3 Å². The number of hydrogen-bond donors (Lipinski definition) is 2. The molecule has 2 amide bonds. The molecule has 4 rings (SSSR count). The van der Waals surface area contributed by atoms with Crippen molar-refractivity contribution in [2.75, 3.05) is 13.7 Å². The van der Waals surface area contributed by atoms with Crippen molar-refractivity contribution in [2.24, 2.45) is 0 Å². The van der Waals surface area contributed by atoms with Gasteiger partial charge in [0.15, 0.2) is 11.6 Å². The van der Waals surface area contributed by atoms with Crippen LogP contribution in [0.4, 0.5) is 4.39 Å². The number of carbonyl (C=O) groups excluding carboxylic acids is 2. The summed E-state index contributed by atoms with van der Waals surface area (Å²) >= 11 is 12.1. The molecule has 11 heteroatoms. The maximum absolute atomic E-state index is 14.6. The summed E-state index contributed by atoms with van der Waals surface area (Å²) in [6.45, 7) is 1.11. The van der Waals surface area contributed by atoms with E-state index >= 15 is 0 Å². The van der Waals surface area contributed by atoms with E-state index in [1.807, 2.05) is 0 Å². The highest BCUT2D eigenvalue weighted by molar-refractivity contribution is 6.33. The van der Waals surface area contributed by atoms with Gasteiger partial charge in [0.05, 0.1) is 36.7 Å². The fourth-order valence-corrected chi connectivity index (χ4v) is 4.33. The lowest BCUT2D eigenvalue weighted by Crippen LogP contribution is -2.49. The summed E-state index contributed by atoms with van der Waals surface area (Å²) in [6.07, 6.45) is 1.37. The number of aliphatic hydroxyl groups is 1. The molecule has 182 valence electrons. The van der Waals surface area contributed by atoms with Crippen LogP contribution in [-0.2, 0) is 11.3 Å². The summed E-state index contributed by atoms with van der Waals surface area (Å²) in [6, 6.07) is 7.79. The third-order valence-corrected chi connectivity index (χ3v) is 6.28. The average Bonchev–Trinajstić information content (AvgIpc) is 3.16. The van der Waals surface area contributed by atoms with Gasteiger partial charge in [0.2, 0.25) is 11.2 Å². The van der Waals surface area contributed by atoms with Crippen molar-refractivity contribution in [3.8, 4) is 17.0 Å². The molecule has 0 radical (unpaired) electrons. The smallest absolute Gasteiger partial charge is 0.255 e. The number of nitrogens with one attached hydrogen (secondary N) is 1. The molecule has 1 aliphatic rings. The second-order valence-electron chi connectivity index (χ2n) is 7.93. The number of rotatable bonds is 7. The van der Waals surface area contributed by atoms with Crippen molar-refractivity contribution < 1.29 is 23.8 Å². The lowest BCUT2D eigenvalue weighted by Gasteiger charge is -2.27. The summed E-state index contributed by atoms with van der Waals surface area (Å²) in [4.78, 5) is 35.4. The van der Waals surface area contributed by atoms with Crippen molar-refractivity contribution in [3.05, 3.63) is 75.4 Å². The number of benzene rings is 2. The largest absolute Gasteiger partial charge is 0.494 e. The molecule has 0 unspecified atom stereocenters. The third-order valence-electron chi connectivity index (χ3n) is 5.82. The van der Waals surface area contributed by atoms with Gasteiger partial charge < -0.3 is 20.1 Å². The van der Waals surface area contributed by atoms with Gasteiger partial charge in [-0.3, -0.25) is 9.59 Å². The lowest BCUT2D eigenvalue weighted by molar-refractivity contribution is -0.127. The minimum Gasteiger partial charge on any atom is -0.494 e. The number of fused-ring (bicyclic) bond motifs is 1. The number of nitrogens with zero attached hydrogens (tertiary/aromatic N) is 3. The Morgan fingerprint density at radius 3 is 2.80 bits per heavy atom. The zero-order valence-electron chi connectivity index (χ0n) is 18.8. The average molecular weight is 519 g/mol. The quantitative estimate of drug-likeness (QED) is 0.461. The number of hydrogen-bond acceptors (Lipinski definition) is 6. The SMILES string of the molecule is COc1cccc([C@@H](C)NC(=O)[C@@H](CO)N2Cc3ccc(-c4nc(Cl)ncc4Cl)cc3C2=O)c1F. The molecule has 3 aromatic rings. The van der Waals surface area contributed by atoms with Crippen LogP contribution in [0.2, 0.25) is 10.3 Å². The van der Waals surface area contributed by atoms with E-state index in [4.69, 9.17) is 27.9 Å². The molecular weight excluding hydrogens is 498 g/mol. The number of halogens is 3. The molecule has 2 atom stereocenters. The van der Waals surface area contributed by atoms with Crippen LogP contribution < -0.4 is 10.1 Å². The van der Waals surface area contributed by atoms with Crippen molar-refractivity contribution in [2.45, 2.75) is 25.6 Å². The van der Waals surface area contributed by atoms with Crippen LogP contribution in [0.1, 0.15) is 34.5 Å². The van der Waals surface area contributed by atoms with E-state index in [9.17, 15) is 19.1 Å². The second kappa shape index (κ2) is 10.2. The highest BCUT2D eigenvalue weighted by atomic mass is 35.5. The van der Waals surface area contributed by atoms with Crippen LogP contribution in [0.3, 0.4) is 0 Å². The summed E-state index contributed by atoms with van der Waals surface area (Å²) < 4.78 is 19.6. The molecule has 0 saturated carbocycles. The molecule has 8 nitrogen and oxygen atoms in total. The molecule has 0 saturated heterocycles. The Morgan fingerprint density at radius 2 is 2.09 bits per heavy atom. The van der Waals surface area contributed by atoms with Gasteiger partial charge in [0.1, 0.15) is 6.04 Å². The molecule has 0 spiro atoms. The molecule has 0 aliphatic carbocycles. The fourth-order valence-electron chi connectivity index (χ4n) is 4.00. The van der Waals surface area contributed by atoms with Gasteiger partial charge in [-0.05, 0) is 36.2 Å². The lowest BCUT2D eigenvalue weighted by atomic mass is 10.0. The first-order valence-electron chi connectivity index (χ1n) is 10.6. The number of aromatic nitrogens is 2. The van der Waals surface area contributed by atoms with E-state index in [-0.39, 0.29) is 28.2 Å². The van der Waals surface area contributed by atoms with Gasteiger partial charge in [0.25, 0.3) is 5.91 Å². The molecule has 2 N–H and O–H groups in total. The molecular formula is C24H21Cl2FN4O4. The maximum atomic E-state index is 14.6. The van der Waals surface area contributed by atoms with Gasteiger partial charge in [0, 0.05) is 23.2 Å². The highest BCUT2D eigenvalue weighted by Gasteiger charge is 2.37. The summed E-state index contributed by atoms with van der Waals surface area (Å²) in [5.41, 5.74) is 2.17. The number of carbonyl (C=O) groups is 2. The molecule has 0 bridgehead atoms. The summed E-state index contributed by atoms with van der Waals surface area (Å²) in [5.74, 6) is -1.60. The van der Waals surface area contributed by atoms with E-state index in [1.165, 1.54) is 30.3 Å². The Bertz CT molecular complexity index is 1310. The first-order chi connectivity index (χ1) is 16.7. The second-order valence-corrected chi connectivity index (χ2v) is 8.68. The summed E-state index contributed by atoms with van der Waals surface area (Å²) in [7, 11) is 1.35. The molecule has 1 aliphatic heterocycles. The van der Waals surface area contributed by atoms with Crippen LogP contribution in [0.25, 0.3) is 11.3 Å². The zero-order valence-corrected chi connectivity index (χ0v) is 20.3. The maximum Gasteiger partial charge on any atom is 0.255 e. The van der Waals surface area contributed by atoms with Crippen LogP contribution in [0, 0.1) is 5.82 Å². The Morgan fingerprint density at radius 1 is 1.31 bits per heavy atom. The van der Waals surface area contributed by atoms with E-state index < -0.39 is 36.3 Å². The predicted octanol–water partition coefficient (Wildman–Crippen LogP) is 3.79. The monoisotopic (exact) mass is 518 g/mol. The first kappa shape index (κ1) is 24.8. The van der Waals surface area contributed by atoms with Gasteiger partial charge >= 0.3 is 0 Å². The van der Waals surface area contributed by atoms with Gasteiger partial charge in [-0.2, -0.15) is 0 Å². The molecule has 0 fully saturated rings. The summed E-state index contributed by atoms with van der Waals surface area (Å²) in [5, 5.41) is 12.9. The van der Waals surface area contributed by atoms with E-state index in [0.29, 0.717) is 22.4 Å². The third kappa shape index (κ3) is 4.80. The van der Waals surface area contributed by atoms with Crippen molar-refractivity contribution >= 4 is 35.0 Å². The van der Waals surface area contributed by atoms with Crippen molar-refractivity contribution in [1.82, 2.24) is 20.2 Å². The Labute approximate surface area is 210 Å². The minimum absolute atomic E-state index is 0.0106. The van der Waals surface area contributed by atoms with Gasteiger partial charge in [-0.25, -0.2) is 14.4 Å². The molecule has 1 aromatic heterocycles. The minimum atomic E-state index is -1.17. The molecule has 2 aromatic carbocycles. The Kier molecular flexibility index (Phi) is 7.20. The van der Waals surface area contributed by atoms with Crippen LogP contribution >= 0.6 is 23.2 Å². The van der Waals surface area contributed by atoms with Crippen LogP contribution in [0.5, 0.6) is 5.75 Å². The van der Waals surface area contributed by atoms with Crippen LogP contribution in [-0.4, -0.2) is 51.5 Å². The number of amides is 2. The predicted molar refractivity (Wildman–Crippen MR) is 128 cm³/mol. The van der Waals surface area contributed by atoms with Gasteiger partial charge in [-0.15, -0.1) is 0 Å². The Hall–Kier alpha value is -3.27. The van der Waals surface area contributed by atoms with Crippen molar-refractivity contribution in [3.63, 3.8) is 0 Å². The highest BCUT2D eigenvalue weighted by Crippen LogP contribution is 2.32. The fraction of sp³-hybridized carbons (Fsp3) is 0.250. The normalized spacial score (nSPS) is 14.5. The number of aliphatic hydroxyl groups excluding tert-OH is 1. The van der Waals surface area contributed by atoms with Gasteiger partial charge in [-0.1, -0.05) is 35.9 Å². The number of methoxy groups -OCH3 is 1. The van der Waals surface area contributed by atoms with Crippen molar-refractivity contribution in [1.29, 1.82) is 0 Å². The topological polar surface area (TPSA) is 105 Å². The standard InChI is InChI=1S/C24H21Cl2FN4O4/c1-12(15-4-3-5-19(35-2)20(15)27)29-22(33)18(11-32)31-10-14-7-6-13(8-16(14)23(31)34)21-17(25)9-28-24(26)30-21/h3-9,12,18,32H,10-11H2,1-2H3,(H,29,33)/t12-,18-/m1/s1. The Balaban J connectivity index is 1.55. The first-order valence-corrected chi connectivity index (χ1v) is 11.4.